The van der Waals surface area contributed by atoms with Crippen LogP contribution in [0.1, 0.15) is 10.4 Å². The van der Waals surface area contributed by atoms with Crippen LogP contribution in [-0.2, 0) is 0 Å². The fraction of sp³-hybridized carbons (Fsp3) is 0.143. The Balaban J connectivity index is 2.32. The van der Waals surface area contributed by atoms with E-state index in [1.165, 1.54) is 24.3 Å². The summed E-state index contributed by atoms with van der Waals surface area (Å²) in [4.78, 5) is 28.3. The van der Waals surface area contributed by atoms with Crippen molar-refractivity contribution in [2.45, 2.75) is 0 Å². The van der Waals surface area contributed by atoms with Crippen LogP contribution in [0.5, 0.6) is 0 Å². The number of benzene rings is 1. The highest BCUT2D eigenvalue weighted by atomic mass is 35.5. The van der Waals surface area contributed by atoms with Gasteiger partial charge in [0.15, 0.2) is 0 Å². The summed E-state index contributed by atoms with van der Waals surface area (Å²) in [5.41, 5.74) is 0.230. The Morgan fingerprint density at radius 2 is 1.96 bits per heavy atom. The molecule has 0 spiro atoms. The summed E-state index contributed by atoms with van der Waals surface area (Å²) in [5.74, 6) is 0.00703. The average Bonchev–Trinajstić information content (AvgIpc) is 2.48. The molecular formula is C14H12Cl2N4O3. The van der Waals surface area contributed by atoms with Crippen LogP contribution in [0.25, 0.3) is 0 Å². The van der Waals surface area contributed by atoms with Gasteiger partial charge < -0.3 is 10.2 Å². The van der Waals surface area contributed by atoms with Crippen LogP contribution < -0.4 is 10.2 Å². The summed E-state index contributed by atoms with van der Waals surface area (Å²) in [7, 11) is 3.52. The first-order valence-electron chi connectivity index (χ1n) is 6.38. The van der Waals surface area contributed by atoms with Gasteiger partial charge in [0.25, 0.3) is 11.6 Å². The molecule has 1 aromatic heterocycles. The summed E-state index contributed by atoms with van der Waals surface area (Å²) in [6.45, 7) is 0. The van der Waals surface area contributed by atoms with E-state index in [9.17, 15) is 14.9 Å². The third-order valence-electron chi connectivity index (χ3n) is 2.91. The van der Waals surface area contributed by atoms with E-state index in [4.69, 9.17) is 23.2 Å². The van der Waals surface area contributed by atoms with E-state index in [0.717, 1.165) is 0 Å². The predicted molar refractivity (Wildman–Crippen MR) is 89.6 cm³/mol. The number of carbonyl (C=O) groups is 1. The summed E-state index contributed by atoms with van der Waals surface area (Å²) in [6, 6.07) is 6.74. The number of hydrogen-bond acceptors (Lipinski definition) is 5. The lowest BCUT2D eigenvalue weighted by Gasteiger charge is -2.13. The van der Waals surface area contributed by atoms with Crippen LogP contribution in [-0.4, -0.2) is 29.9 Å². The molecule has 0 bridgehead atoms. The molecule has 0 atom stereocenters. The normalized spacial score (nSPS) is 10.3. The smallest absolute Gasteiger partial charge is 0.271 e. The van der Waals surface area contributed by atoms with E-state index in [-0.39, 0.29) is 27.1 Å². The summed E-state index contributed by atoms with van der Waals surface area (Å²) < 4.78 is 0. The predicted octanol–water partition coefficient (Wildman–Crippen LogP) is 3.61. The van der Waals surface area contributed by atoms with Crippen molar-refractivity contribution in [3.63, 3.8) is 0 Å². The number of nitrogens with zero attached hydrogens (tertiary/aromatic N) is 3. The summed E-state index contributed by atoms with van der Waals surface area (Å²) in [5, 5.41) is 13.7. The van der Waals surface area contributed by atoms with Crippen molar-refractivity contribution >= 4 is 46.3 Å². The second-order valence-electron chi connectivity index (χ2n) is 4.81. The van der Waals surface area contributed by atoms with Gasteiger partial charge in [-0.1, -0.05) is 23.2 Å². The van der Waals surface area contributed by atoms with Crippen LogP contribution in [0.4, 0.5) is 17.2 Å². The molecule has 0 unspecified atom stereocenters. The molecule has 2 rings (SSSR count). The number of non-ortho nitro benzene ring substituents is 1. The first-order chi connectivity index (χ1) is 10.8. The van der Waals surface area contributed by atoms with Gasteiger partial charge in [-0.15, -0.1) is 0 Å². The molecule has 0 saturated heterocycles. The molecule has 1 amide bonds. The molecule has 9 heteroatoms. The van der Waals surface area contributed by atoms with Crippen molar-refractivity contribution < 1.29 is 9.72 Å². The first kappa shape index (κ1) is 17.0. The monoisotopic (exact) mass is 354 g/mol. The quantitative estimate of drug-likeness (QED) is 0.514. The molecule has 2 aromatic rings. The minimum absolute atomic E-state index is 0.144. The lowest BCUT2D eigenvalue weighted by molar-refractivity contribution is -0.384. The Bertz CT molecular complexity index is 781. The third kappa shape index (κ3) is 4.08. The van der Waals surface area contributed by atoms with E-state index < -0.39 is 10.8 Å². The van der Waals surface area contributed by atoms with Crippen LogP contribution in [0.2, 0.25) is 10.2 Å². The van der Waals surface area contributed by atoms with Gasteiger partial charge in [-0.25, -0.2) is 4.98 Å². The molecule has 120 valence electrons. The Morgan fingerprint density at radius 1 is 1.26 bits per heavy atom. The van der Waals surface area contributed by atoms with Crippen molar-refractivity contribution in [3.8, 4) is 0 Å². The molecule has 23 heavy (non-hydrogen) atoms. The van der Waals surface area contributed by atoms with Crippen molar-refractivity contribution in [2.24, 2.45) is 0 Å². The van der Waals surface area contributed by atoms with Crippen LogP contribution in [0, 0.1) is 10.1 Å². The zero-order valence-corrected chi connectivity index (χ0v) is 13.7. The number of nitrogens with one attached hydrogen (secondary N) is 1. The number of anilines is 2. The van der Waals surface area contributed by atoms with Gasteiger partial charge in [-0.05, 0) is 18.2 Å². The Kier molecular flexibility index (Phi) is 5.02. The second-order valence-corrected chi connectivity index (χ2v) is 5.60. The molecule has 0 radical (unpaired) electrons. The maximum absolute atomic E-state index is 12.3. The molecule has 1 heterocycles. The van der Waals surface area contributed by atoms with Crippen molar-refractivity contribution in [3.05, 3.63) is 56.2 Å². The summed E-state index contributed by atoms with van der Waals surface area (Å²) in [6.07, 6.45) is 0. The molecule has 7 nitrogen and oxygen atoms in total. The number of pyridine rings is 1. The lowest BCUT2D eigenvalue weighted by Crippen LogP contribution is -2.16. The average molecular weight is 355 g/mol. The highest BCUT2D eigenvalue weighted by Gasteiger charge is 2.15. The highest BCUT2D eigenvalue weighted by molar-refractivity contribution is 6.34. The maximum atomic E-state index is 12.3. The van der Waals surface area contributed by atoms with Gasteiger partial charge >= 0.3 is 0 Å². The van der Waals surface area contributed by atoms with Gasteiger partial charge in [0.1, 0.15) is 11.0 Å². The van der Waals surface area contributed by atoms with Gasteiger partial charge in [-0.3, -0.25) is 14.9 Å². The topological polar surface area (TPSA) is 88.4 Å². The number of aromatic nitrogens is 1. The van der Waals surface area contributed by atoms with E-state index in [0.29, 0.717) is 5.82 Å². The van der Waals surface area contributed by atoms with Gasteiger partial charge in [0, 0.05) is 31.8 Å². The van der Waals surface area contributed by atoms with Crippen molar-refractivity contribution in [1.29, 1.82) is 0 Å². The first-order valence-corrected chi connectivity index (χ1v) is 7.13. The van der Waals surface area contributed by atoms with Crippen LogP contribution in [0.3, 0.4) is 0 Å². The molecule has 0 saturated carbocycles. The summed E-state index contributed by atoms with van der Waals surface area (Å²) >= 11 is 11.9. The fourth-order valence-electron chi connectivity index (χ4n) is 1.76. The number of nitro benzene ring substituents is 1. The number of halogens is 2. The molecular weight excluding hydrogens is 343 g/mol. The van der Waals surface area contributed by atoms with Crippen LogP contribution >= 0.6 is 23.2 Å². The standard InChI is InChI=1S/C14H12Cl2N4O3/c1-19(2)13-6-8(5-12(16)18-13)14(21)17-11-7-9(20(22)23)3-4-10(11)15/h3-7H,1-2H3,(H,17,21). The number of carbonyl (C=O) groups excluding carboxylic acids is 1. The Morgan fingerprint density at radius 3 is 2.57 bits per heavy atom. The Hall–Kier alpha value is -2.38. The van der Waals surface area contributed by atoms with Crippen molar-refractivity contribution in [1.82, 2.24) is 4.98 Å². The second kappa shape index (κ2) is 6.80. The van der Waals surface area contributed by atoms with E-state index in [2.05, 4.69) is 10.3 Å². The van der Waals surface area contributed by atoms with Crippen molar-refractivity contribution in [2.75, 3.05) is 24.3 Å². The highest BCUT2D eigenvalue weighted by Crippen LogP contribution is 2.27. The van der Waals surface area contributed by atoms with Gasteiger partial charge in [0.2, 0.25) is 0 Å². The molecule has 0 aliphatic rings. The van der Waals surface area contributed by atoms with Crippen LogP contribution in [0.15, 0.2) is 30.3 Å². The maximum Gasteiger partial charge on any atom is 0.271 e. The largest absolute Gasteiger partial charge is 0.363 e. The zero-order valence-electron chi connectivity index (χ0n) is 12.2. The molecule has 0 aliphatic carbocycles. The number of hydrogen-bond donors (Lipinski definition) is 1. The number of rotatable bonds is 4. The van der Waals surface area contributed by atoms with E-state index >= 15 is 0 Å². The molecule has 0 fully saturated rings. The third-order valence-corrected chi connectivity index (χ3v) is 3.43. The fourth-order valence-corrected chi connectivity index (χ4v) is 2.13. The molecule has 1 N–H and O–H groups in total. The van der Waals surface area contributed by atoms with Gasteiger partial charge in [-0.2, -0.15) is 0 Å². The van der Waals surface area contributed by atoms with Gasteiger partial charge in [0.05, 0.1) is 15.6 Å². The lowest BCUT2D eigenvalue weighted by atomic mass is 10.2. The number of amides is 1. The minimum atomic E-state index is -0.570. The minimum Gasteiger partial charge on any atom is -0.363 e. The number of nitro groups is 1. The SMILES string of the molecule is CN(C)c1cc(C(=O)Nc2cc([N+](=O)[O-])ccc2Cl)cc(Cl)n1. The van der Waals surface area contributed by atoms with E-state index in [1.54, 1.807) is 25.1 Å². The molecule has 1 aromatic carbocycles. The Labute approximate surface area is 142 Å². The van der Waals surface area contributed by atoms with E-state index in [1.807, 2.05) is 0 Å². The molecule has 0 aliphatic heterocycles. The zero-order chi connectivity index (χ0) is 17.1.